The Morgan fingerprint density at radius 2 is 1.52 bits per heavy atom. The third-order valence-corrected chi connectivity index (χ3v) is 5.13. The van der Waals surface area contributed by atoms with Gasteiger partial charge in [-0.15, -0.1) is 17.5 Å². The fraction of sp³-hybridized carbons (Fsp3) is 0.318. The molecule has 6 nitrogen and oxygen atoms in total. The quantitative estimate of drug-likeness (QED) is 0.674. The molecule has 1 saturated heterocycles. The zero-order valence-electron chi connectivity index (χ0n) is 16.3. The summed E-state index contributed by atoms with van der Waals surface area (Å²) in [6.45, 7) is 3.02. The lowest BCUT2D eigenvalue weighted by atomic mass is 10.1. The molecule has 0 atom stereocenters. The normalized spacial score (nSPS) is 14.2. The van der Waals surface area contributed by atoms with Crippen LogP contribution in [0.3, 0.4) is 0 Å². The summed E-state index contributed by atoms with van der Waals surface area (Å²) >= 11 is 0. The lowest BCUT2D eigenvalue weighted by Crippen LogP contribution is -2.31. The second kappa shape index (κ2) is 10.2. The van der Waals surface area contributed by atoms with Gasteiger partial charge in [-0.25, -0.2) is 4.68 Å². The van der Waals surface area contributed by atoms with Crippen molar-refractivity contribution in [2.75, 3.05) is 13.1 Å². The van der Waals surface area contributed by atoms with Gasteiger partial charge in [-0.2, -0.15) is 0 Å². The van der Waals surface area contributed by atoms with Crippen LogP contribution in [-0.4, -0.2) is 38.9 Å². The minimum Gasteiger partial charge on any atom is -0.329 e. The van der Waals surface area contributed by atoms with Crippen molar-refractivity contribution in [3.63, 3.8) is 0 Å². The number of rotatable bonds is 6. The van der Waals surface area contributed by atoms with Crippen LogP contribution in [-0.2, 0) is 13.1 Å². The Morgan fingerprint density at radius 1 is 0.966 bits per heavy atom. The first kappa shape index (κ1) is 21.0. The zero-order chi connectivity index (χ0) is 19.2. The Kier molecular flexibility index (Phi) is 7.38. The lowest BCUT2D eigenvalue weighted by molar-refractivity contribution is 0.0724. The molecular weight excluding hydrogens is 386 g/mol. The molecule has 0 radical (unpaired) electrons. The highest BCUT2D eigenvalue weighted by Crippen LogP contribution is 2.18. The van der Waals surface area contributed by atoms with Crippen molar-refractivity contribution >= 4 is 18.3 Å². The summed E-state index contributed by atoms with van der Waals surface area (Å²) in [4.78, 5) is 15.1. The van der Waals surface area contributed by atoms with Gasteiger partial charge in [-0.3, -0.25) is 4.79 Å². The van der Waals surface area contributed by atoms with Gasteiger partial charge >= 0.3 is 0 Å². The van der Waals surface area contributed by atoms with Crippen molar-refractivity contribution in [3.05, 3.63) is 83.7 Å². The SMILES string of the molecule is Cl.O=C(c1cn(C2CCNCC2)nn1)N(Cc1ccccc1)Cc1ccccc1. The Hall–Kier alpha value is -2.70. The number of carbonyl (C=O) groups excluding carboxylic acids is 1. The second-order valence-electron chi connectivity index (χ2n) is 7.20. The third-order valence-electron chi connectivity index (χ3n) is 5.13. The molecule has 0 unspecified atom stereocenters. The molecule has 0 bridgehead atoms. The number of carbonyl (C=O) groups is 1. The van der Waals surface area contributed by atoms with E-state index in [1.165, 1.54) is 0 Å². The van der Waals surface area contributed by atoms with Crippen molar-refractivity contribution in [3.8, 4) is 0 Å². The molecule has 1 fully saturated rings. The summed E-state index contributed by atoms with van der Waals surface area (Å²) in [5, 5.41) is 11.8. The van der Waals surface area contributed by atoms with E-state index in [2.05, 4.69) is 15.6 Å². The molecule has 7 heteroatoms. The van der Waals surface area contributed by atoms with Gasteiger partial charge in [0.1, 0.15) is 0 Å². The van der Waals surface area contributed by atoms with Crippen molar-refractivity contribution in [2.45, 2.75) is 32.0 Å². The van der Waals surface area contributed by atoms with Gasteiger partial charge in [-0.1, -0.05) is 65.9 Å². The van der Waals surface area contributed by atoms with E-state index < -0.39 is 0 Å². The van der Waals surface area contributed by atoms with E-state index >= 15 is 0 Å². The fourth-order valence-corrected chi connectivity index (χ4v) is 3.59. The molecule has 0 saturated carbocycles. The van der Waals surface area contributed by atoms with E-state index in [4.69, 9.17) is 0 Å². The molecule has 152 valence electrons. The van der Waals surface area contributed by atoms with Crippen LogP contribution in [0, 0.1) is 0 Å². The standard InChI is InChI=1S/C22H25N5O.ClH/c28-22(21-17-27(25-24-21)20-11-13-23-14-12-20)26(15-18-7-3-1-4-8-18)16-19-9-5-2-6-10-19;/h1-10,17,20,23H,11-16H2;1H. The molecule has 2 heterocycles. The Balaban J connectivity index is 0.00000240. The fourth-order valence-electron chi connectivity index (χ4n) is 3.59. The average Bonchev–Trinajstić information content (AvgIpc) is 3.25. The predicted molar refractivity (Wildman–Crippen MR) is 115 cm³/mol. The minimum atomic E-state index is -0.0899. The third kappa shape index (κ3) is 5.43. The number of amides is 1. The highest BCUT2D eigenvalue weighted by Gasteiger charge is 2.22. The van der Waals surface area contributed by atoms with Crippen LogP contribution < -0.4 is 5.32 Å². The molecule has 1 aliphatic heterocycles. The van der Waals surface area contributed by atoms with E-state index in [0.717, 1.165) is 37.1 Å². The minimum absolute atomic E-state index is 0. The van der Waals surface area contributed by atoms with Crippen LogP contribution in [0.4, 0.5) is 0 Å². The van der Waals surface area contributed by atoms with Crippen LogP contribution in [0.25, 0.3) is 0 Å². The summed E-state index contributed by atoms with van der Waals surface area (Å²) in [7, 11) is 0. The summed E-state index contributed by atoms with van der Waals surface area (Å²) in [6.07, 6.45) is 3.82. The molecule has 0 aliphatic carbocycles. The number of nitrogens with one attached hydrogen (secondary N) is 1. The summed E-state index contributed by atoms with van der Waals surface area (Å²) in [6, 6.07) is 20.4. The molecule has 0 spiro atoms. The maximum atomic E-state index is 13.2. The second-order valence-corrected chi connectivity index (χ2v) is 7.20. The van der Waals surface area contributed by atoms with Crippen molar-refractivity contribution in [1.29, 1.82) is 0 Å². The van der Waals surface area contributed by atoms with Gasteiger partial charge in [0.25, 0.3) is 5.91 Å². The van der Waals surface area contributed by atoms with E-state index in [9.17, 15) is 4.79 Å². The number of piperidine rings is 1. The van der Waals surface area contributed by atoms with Crippen LogP contribution >= 0.6 is 12.4 Å². The maximum absolute atomic E-state index is 13.2. The molecule has 1 N–H and O–H groups in total. The monoisotopic (exact) mass is 411 g/mol. The molecular formula is C22H26ClN5O. The average molecular weight is 412 g/mol. The van der Waals surface area contributed by atoms with Crippen molar-refractivity contribution < 1.29 is 4.79 Å². The predicted octanol–water partition coefficient (Wildman–Crippen LogP) is 3.47. The van der Waals surface area contributed by atoms with Gasteiger partial charge in [-0.05, 0) is 37.1 Å². The summed E-state index contributed by atoms with van der Waals surface area (Å²) in [5.41, 5.74) is 2.60. The smallest absolute Gasteiger partial charge is 0.276 e. The topological polar surface area (TPSA) is 63.1 Å². The Morgan fingerprint density at radius 3 is 2.07 bits per heavy atom. The number of nitrogens with zero attached hydrogens (tertiary/aromatic N) is 4. The lowest BCUT2D eigenvalue weighted by Gasteiger charge is -2.23. The Labute approximate surface area is 177 Å². The first-order chi connectivity index (χ1) is 13.8. The van der Waals surface area contributed by atoms with Crippen LogP contribution in [0.15, 0.2) is 66.9 Å². The van der Waals surface area contributed by atoms with Gasteiger partial charge in [0, 0.05) is 13.1 Å². The number of hydrogen-bond acceptors (Lipinski definition) is 4. The van der Waals surface area contributed by atoms with Crippen molar-refractivity contribution in [1.82, 2.24) is 25.2 Å². The highest BCUT2D eigenvalue weighted by molar-refractivity contribution is 5.91. The number of halogens is 1. The van der Waals surface area contributed by atoms with Gasteiger partial charge in [0.05, 0.1) is 12.2 Å². The summed E-state index contributed by atoms with van der Waals surface area (Å²) < 4.78 is 1.86. The summed E-state index contributed by atoms with van der Waals surface area (Å²) in [5.74, 6) is -0.0899. The van der Waals surface area contributed by atoms with E-state index in [-0.39, 0.29) is 18.3 Å². The maximum Gasteiger partial charge on any atom is 0.276 e. The van der Waals surface area contributed by atoms with Crippen LogP contribution in [0.5, 0.6) is 0 Å². The van der Waals surface area contributed by atoms with Gasteiger partial charge in [0.15, 0.2) is 5.69 Å². The molecule has 29 heavy (non-hydrogen) atoms. The molecule has 3 aromatic rings. The van der Waals surface area contributed by atoms with Gasteiger partial charge < -0.3 is 10.2 Å². The van der Waals surface area contributed by atoms with Gasteiger partial charge in [0.2, 0.25) is 0 Å². The first-order valence-corrected chi connectivity index (χ1v) is 9.79. The van der Waals surface area contributed by atoms with Crippen LogP contribution in [0.1, 0.15) is 40.5 Å². The highest BCUT2D eigenvalue weighted by atomic mass is 35.5. The molecule has 2 aromatic carbocycles. The van der Waals surface area contributed by atoms with E-state index in [0.29, 0.717) is 24.8 Å². The van der Waals surface area contributed by atoms with Crippen LogP contribution in [0.2, 0.25) is 0 Å². The van der Waals surface area contributed by atoms with E-state index in [1.54, 1.807) is 6.20 Å². The van der Waals surface area contributed by atoms with Crippen molar-refractivity contribution in [2.24, 2.45) is 0 Å². The number of hydrogen-bond donors (Lipinski definition) is 1. The Bertz CT molecular complexity index is 852. The molecule has 1 aliphatic rings. The molecule has 1 aromatic heterocycles. The van der Waals surface area contributed by atoms with E-state index in [1.807, 2.05) is 70.2 Å². The largest absolute Gasteiger partial charge is 0.329 e. The number of benzene rings is 2. The zero-order valence-corrected chi connectivity index (χ0v) is 17.1. The number of aromatic nitrogens is 3. The molecule has 4 rings (SSSR count). The molecule has 1 amide bonds. The first-order valence-electron chi connectivity index (χ1n) is 9.79.